The van der Waals surface area contributed by atoms with Crippen molar-refractivity contribution in [3.63, 3.8) is 0 Å². The topological polar surface area (TPSA) is 71.9 Å². The summed E-state index contributed by atoms with van der Waals surface area (Å²) in [7, 11) is 0. The molecule has 0 radical (unpaired) electrons. The van der Waals surface area contributed by atoms with E-state index in [0.717, 1.165) is 12.8 Å². The van der Waals surface area contributed by atoms with Crippen LogP contribution in [0.4, 0.5) is 0 Å². The van der Waals surface area contributed by atoms with Gasteiger partial charge in [0.25, 0.3) is 0 Å². The Morgan fingerprint density at radius 2 is 2.22 bits per heavy atom. The summed E-state index contributed by atoms with van der Waals surface area (Å²) in [5, 5.41) is 9.41. The molecular weight excluding hydrogens is 296 g/mol. The van der Waals surface area contributed by atoms with Gasteiger partial charge in [0.2, 0.25) is 5.91 Å². The first-order valence-electron chi connectivity index (χ1n) is 7.93. The van der Waals surface area contributed by atoms with Crippen LogP contribution in [0.3, 0.4) is 0 Å². The van der Waals surface area contributed by atoms with Gasteiger partial charge in [-0.2, -0.15) is 0 Å². The van der Waals surface area contributed by atoms with E-state index in [9.17, 15) is 9.90 Å². The van der Waals surface area contributed by atoms with Crippen molar-refractivity contribution in [2.75, 3.05) is 26.3 Å². The highest BCUT2D eigenvalue weighted by molar-refractivity contribution is 5.91. The van der Waals surface area contributed by atoms with Crippen LogP contribution < -0.4 is 0 Å². The molecule has 124 valence electrons. The molecule has 3 heterocycles. The maximum Gasteiger partial charge on any atom is 0.246 e. The van der Waals surface area contributed by atoms with Gasteiger partial charge in [0.15, 0.2) is 0 Å². The number of aromatic hydroxyl groups is 1. The summed E-state index contributed by atoms with van der Waals surface area (Å²) in [4.78, 5) is 18.2. The number of ether oxygens (including phenoxy) is 2. The second kappa shape index (κ2) is 6.68. The fourth-order valence-corrected chi connectivity index (χ4v) is 3.22. The van der Waals surface area contributed by atoms with Gasteiger partial charge in [-0.05, 0) is 24.6 Å². The minimum atomic E-state index is -0.272. The van der Waals surface area contributed by atoms with Gasteiger partial charge in [0.05, 0.1) is 24.4 Å². The molecule has 6 heteroatoms. The first-order valence-corrected chi connectivity index (χ1v) is 7.93. The molecule has 23 heavy (non-hydrogen) atoms. The number of aromatic nitrogens is 1. The molecule has 1 N–H and O–H groups in total. The molecule has 0 aromatic carbocycles. The largest absolute Gasteiger partial charge is 0.506 e. The second-order valence-corrected chi connectivity index (χ2v) is 6.25. The van der Waals surface area contributed by atoms with Crippen molar-refractivity contribution in [1.82, 2.24) is 9.88 Å². The van der Waals surface area contributed by atoms with Gasteiger partial charge in [0, 0.05) is 44.9 Å². The minimum Gasteiger partial charge on any atom is -0.506 e. The molecule has 6 nitrogen and oxygen atoms in total. The Morgan fingerprint density at radius 1 is 1.43 bits per heavy atom. The molecule has 3 rings (SSSR count). The van der Waals surface area contributed by atoms with Crippen molar-refractivity contribution in [2.45, 2.75) is 31.5 Å². The lowest BCUT2D eigenvalue weighted by molar-refractivity contribution is -0.187. The van der Waals surface area contributed by atoms with Gasteiger partial charge in [-0.1, -0.05) is 0 Å². The zero-order chi connectivity index (χ0) is 16.3. The summed E-state index contributed by atoms with van der Waals surface area (Å²) in [6.07, 6.45) is 7.82. The predicted octanol–water partition coefficient (Wildman–Crippen LogP) is 1.60. The van der Waals surface area contributed by atoms with E-state index in [2.05, 4.69) is 4.98 Å². The third kappa shape index (κ3) is 3.89. The van der Waals surface area contributed by atoms with E-state index in [-0.39, 0.29) is 23.4 Å². The maximum atomic E-state index is 12.5. The molecule has 1 aromatic rings. The Kier molecular flexibility index (Phi) is 4.63. The van der Waals surface area contributed by atoms with Gasteiger partial charge in [-0.15, -0.1) is 0 Å². The smallest absolute Gasteiger partial charge is 0.246 e. The lowest BCUT2D eigenvalue weighted by Crippen LogP contribution is -2.58. The summed E-state index contributed by atoms with van der Waals surface area (Å²) >= 11 is 0. The molecular formula is C17H22N2O4. The first kappa shape index (κ1) is 16.0. The van der Waals surface area contributed by atoms with Crippen molar-refractivity contribution in [1.29, 1.82) is 0 Å². The molecule has 0 saturated carbocycles. The molecule has 2 saturated heterocycles. The van der Waals surface area contributed by atoms with Crippen LogP contribution in [0, 0.1) is 0 Å². The normalized spacial score (nSPS) is 24.2. The molecule has 1 unspecified atom stereocenters. The molecule has 2 aliphatic heterocycles. The summed E-state index contributed by atoms with van der Waals surface area (Å²) in [5.74, 6) is 0.0371. The number of pyridine rings is 1. The second-order valence-electron chi connectivity index (χ2n) is 6.25. The zero-order valence-electron chi connectivity index (χ0n) is 13.3. The summed E-state index contributed by atoms with van der Waals surface area (Å²) in [6, 6.07) is 1.57. The van der Waals surface area contributed by atoms with Crippen LogP contribution in [0.5, 0.6) is 5.75 Å². The molecule has 2 fully saturated rings. The Hall–Kier alpha value is -1.92. The number of hydrogen-bond acceptors (Lipinski definition) is 5. The van der Waals surface area contributed by atoms with Crippen LogP contribution >= 0.6 is 0 Å². The number of amides is 1. The number of nitrogens with zero attached hydrogens (tertiary/aromatic N) is 2. The van der Waals surface area contributed by atoms with Gasteiger partial charge < -0.3 is 19.5 Å². The van der Waals surface area contributed by atoms with Crippen molar-refractivity contribution in [3.05, 3.63) is 30.1 Å². The number of morpholine rings is 1. The average Bonchev–Trinajstić information content (AvgIpc) is 2.52. The Balaban J connectivity index is 1.68. The first-order chi connectivity index (χ1) is 11.1. The van der Waals surface area contributed by atoms with E-state index in [1.807, 2.05) is 11.8 Å². The van der Waals surface area contributed by atoms with Gasteiger partial charge in [-0.3, -0.25) is 9.78 Å². The van der Waals surface area contributed by atoms with Gasteiger partial charge >= 0.3 is 0 Å². The van der Waals surface area contributed by atoms with Crippen LogP contribution in [0.25, 0.3) is 6.08 Å². The van der Waals surface area contributed by atoms with Crippen LogP contribution in [0.15, 0.2) is 24.5 Å². The predicted molar refractivity (Wildman–Crippen MR) is 84.8 cm³/mol. The molecule has 1 spiro atoms. The van der Waals surface area contributed by atoms with E-state index >= 15 is 0 Å². The van der Waals surface area contributed by atoms with Crippen LogP contribution in [0.1, 0.15) is 25.3 Å². The van der Waals surface area contributed by atoms with Crippen LogP contribution in [-0.2, 0) is 14.3 Å². The van der Waals surface area contributed by atoms with Crippen LogP contribution in [-0.4, -0.2) is 58.9 Å². The van der Waals surface area contributed by atoms with E-state index < -0.39 is 0 Å². The summed E-state index contributed by atoms with van der Waals surface area (Å²) in [5.41, 5.74) is 0.423. The molecule has 1 amide bonds. The van der Waals surface area contributed by atoms with Crippen molar-refractivity contribution in [2.24, 2.45) is 0 Å². The minimum absolute atomic E-state index is 0.0154. The van der Waals surface area contributed by atoms with Crippen LogP contribution in [0.2, 0.25) is 0 Å². The number of hydrogen-bond donors (Lipinski definition) is 1. The lowest BCUT2D eigenvalue weighted by Gasteiger charge is -2.47. The highest BCUT2D eigenvalue weighted by Crippen LogP contribution is 2.31. The molecule has 1 aromatic heterocycles. The third-order valence-corrected chi connectivity index (χ3v) is 4.29. The Labute approximate surface area is 135 Å². The van der Waals surface area contributed by atoms with E-state index in [1.165, 1.54) is 12.3 Å². The highest BCUT2D eigenvalue weighted by atomic mass is 16.5. The molecule has 2 aliphatic rings. The summed E-state index contributed by atoms with van der Waals surface area (Å²) in [6.45, 7) is 4.55. The van der Waals surface area contributed by atoms with Crippen molar-refractivity contribution < 1.29 is 19.4 Å². The standard InChI is InChI=1S/C17H22N2O4/c1-13-11-19(12-17(23-13)4-6-22-7-5-17)16(21)3-2-14-8-15(20)10-18-9-14/h2-3,8-10,13,20H,4-7,11-12H2,1H3/b3-2+. The monoisotopic (exact) mass is 318 g/mol. The Morgan fingerprint density at radius 3 is 2.96 bits per heavy atom. The molecule has 1 atom stereocenters. The van der Waals surface area contributed by atoms with E-state index in [4.69, 9.17) is 9.47 Å². The highest BCUT2D eigenvalue weighted by Gasteiger charge is 2.41. The number of carbonyl (C=O) groups is 1. The summed E-state index contributed by atoms with van der Waals surface area (Å²) < 4.78 is 11.5. The van der Waals surface area contributed by atoms with E-state index in [0.29, 0.717) is 31.9 Å². The third-order valence-electron chi connectivity index (χ3n) is 4.29. The zero-order valence-corrected chi connectivity index (χ0v) is 13.3. The maximum absolute atomic E-state index is 12.5. The van der Waals surface area contributed by atoms with Gasteiger partial charge in [-0.25, -0.2) is 0 Å². The quantitative estimate of drug-likeness (QED) is 0.839. The average molecular weight is 318 g/mol. The lowest BCUT2D eigenvalue weighted by atomic mass is 9.91. The fraction of sp³-hybridized carbons (Fsp3) is 0.529. The van der Waals surface area contributed by atoms with Crippen molar-refractivity contribution >= 4 is 12.0 Å². The van der Waals surface area contributed by atoms with E-state index in [1.54, 1.807) is 18.3 Å². The van der Waals surface area contributed by atoms with Crippen molar-refractivity contribution in [3.8, 4) is 5.75 Å². The number of carbonyl (C=O) groups excluding carboxylic acids is 1. The van der Waals surface area contributed by atoms with Gasteiger partial charge in [0.1, 0.15) is 5.75 Å². The molecule has 0 bridgehead atoms. The fourth-order valence-electron chi connectivity index (χ4n) is 3.22. The molecule has 0 aliphatic carbocycles. The SMILES string of the molecule is CC1CN(C(=O)/C=C/c2cncc(O)c2)CC2(CCOCC2)O1. The number of rotatable bonds is 2. The Bertz CT molecular complexity index is 596.